The largest absolute Gasteiger partial charge is 0.455 e. The van der Waals surface area contributed by atoms with Crippen molar-refractivity contribution in [1.82, 2.24) is 0 Å². The zero-order valence-corrected chi connectivity index (χ0v) is 51.0. The molecule has 0 spiro atoms. The van der Waals surface area contributed by atoms with E-state index in [0.717, 1.165) is 13.8 Å². The molecule has 0 amide bonds. The number of aliphatic hydroxyl groups excluding tert-OH is 18. The Morgan fingerprint density at radius 2 is 0.533 bits per heavy atom. The summed E-state index contributed by atoms with van der Waals surface area (Å²) < 4.78 is 101. The van der Waals surface area contributed by atoms with Crippen LogP contribution in [0, 0.1) is 0 Å². The van der Waals surface area contributed by atoms with Gasteiger partial charge in [0.05, 0.1) is 46.2 Å². The maximum atomic E-state index is 13.2. The van der Waals surface area contributed by atoms with Crippen molar-refractivity contribution in [3.8, 4) is 0 Å². The first-order valence-electron chi connectivity index (χ1n) is 29.3. The van der Waals surface area contributed by atoms with Crippen LogP contribution in [0.15, 0.2) is 0 Å². The topological polar surface area (TPSA) is 555 Å². The lowest BCUT2D eigenvalue weighted by molar-refractivity contribution is -0.396. The summed E-state index contributed by atoms with van der Waals surface area (Å²) in [6, 6.07) is 0. The van der Waals surface area contributed by atoms with Crippen molar-refractivity contribution in [2.75, 3.05) is 46.2 Å². The minimum atomic E-state index is -2.85. The lowest BCUT2D eigenvalue weighted by Gasteiger charge is -2.51. The van der Waals surface area contributed by atoms with E-state index in [-0.39, 0.29) is 0 Å². The highest BCUT2D eigenvalue weighted by Gasteiger charge is 2.61. The van der Waals surface area contributed by atoms with Gasteiger partial charge in [-0.25, -0.2) is 0 Å². The number of esters is 2. The van der Waals surface area contributed by atoms with Crippen LogP contribution in [-0.2, 0) is 89.8 Å². The molecule has 0 aromatic carbocycles. The van der Waals surface area contributed by atoms with Crippen LogP contribution >= 0.6 is 0 Å². The molecular formula is C52H88O37Si. The summed E-state index contributed by atoms with van der Waals surface area (Å²) in [4.78, 5) is 26.2. The Morgan fingerprint density at radius 3 is 0.756 bits per heavy atom. The highest BCUT2D eigenvalue weighted by atomic mass is 28.4. The normalized spacial score (nSPS) is 49.3. The van der Waals surface area contributed by atoms with Crippen molar-refractivity contribution in [3.63, 3.8) is 0 Å². The van der Waals surface area contributed by atoms with Crippen molar-refractivity contribution in [2.24, 2.45) is 0 Å². The minimum absolute atomic E-state index is 0.494. The fourth-order valence-electron chi connectivity index (χ4n) is 11.5. The lowest BCUT2D eigenvalue weighted by atomic mass is 9.95. The second-order valence-corrected chi connectivity index (χ2v) is 29.5. The second kappa shape index (κ2) is 30.5. The molecule has 21 aliphatic rings. The summed E-state index contributed by atoms with van der Waals surface area (Å²) in [7, 11) is -2.85. The van der Waals surface area contributed by atoms with Gasteiger partial charge in [0.25, 0.3) is 0 Å². The standard InChI is InChI=1S/C52H88O37Si/c1-15(59)74-43-42-23(14-73-90(6,7)52(3,4)5)82-51(44(43)75-16(2)60)88-41-22(13-58)80-49(34(71)29(41)66)86-39-20(11-56)78-47(32(69)27(39)64)84-37-18(9-54)76-45(30(67)25(37)62)83-36-17(8-53)77-46(31(68)24(36)61)85-38-19(10-55)79-48(33(70)26(38)63)87-40-21(12-57)81-50(89-42)35(72)28(40)65/h17-51,53-58,61-72H,8-14H2,1-7H3/t17-,18-,19-,20-,21-,22-,23-,24-,25-,26-,27-,28-,29-,30-,31-,32-,33-,34-,35-,36-,37-,38-,39-,40-,41-,42-,43+,44-,45-,46-,47-,48-,49-,50-,51-/m1/s1. The van der Waals surface area contributed by atoms with Crippen LogP contribution in [0.4, 0.5) is 0 Å². The smallest absolute Gasteiger partial charge is 0.303 e. The summed E-state index contributed by atoms with van der Waals surface area (Å²) in [5.74, 6) is -2.13. The zero-order chi connectivity index (χ0) is 66.3. The number of ether oxygens (including phenoxy) is 16. The molecule has 0 aliphatic carbocycles. The first-order valence-corrected chi connectivity index (χ1v) is 32.2. The highest BCUT2D eigenvalue weighted by molar-refractivity contribution is 6.74. The molecule has 21 heterocycles. The molecule has 21 fully saturated rings. The Bertz CT molecular complexity index is 2280. The van der Waals surface area contributed by atoms with Crippen LogP contribution in [0.3, 0.4) is 0 Å². The second-order valence-electron chi connectivity index (χ2n) is 24.7. The van der Waals surface area contributed by atoms with Crippen molar-refractivity contribution < 1.29 is 182 Å². The van der Waals surface area contributed by atoms with E-state index in [4.69, 9.17) is 80.2 Å². The van der Waals surface area contributed by atoms with E-state index in [1.165, 1.54) is 0 Å². The Morgan fingerprint density at radius 1 is 0.322 bits per heavy atom. The van der Waals surface area contributed by atoms with E-state index in [1.54, 1.807) is 0 Å². The third-order valence-electron chi connectivity index (χ3n) is 17.6. The van der Waals surface area contributed by atoms with Gasteiger partial charge in [-0.05, 0) is 18.1 Å². The van der Waals surface area contributed by atoms with Gasteiger partial charge in [-0.15, -0.1) is 0 Å². The first kappa shape index (κ1) is 73.6. The Balaban J connectivity index is 1.16. The van der Waals surface area contributed by atoms with Gasteiger partial charge in [0, 0.05) is 13.8 Å². The number of rotatable bonds is 11. The van der Waals surface area contributed by atoms with Crippen molar-refractivity contribution in [3.05, 3.63) is 0 Å². The molecule has 0 aromatic rings. The number of carbonyl (C=O) groups is 2. The fraction of sp³-hybridized carbons (Fsp3) is 0.962. The maximum absolute atomic E-state index is 13.2. The van der Waals surface area contributed by atoms with Gasteiger partial charge in [-0.3, -0.25) is 9.59 Å². The van der Waals surface area contributed by atoms with Crippen LogP contribution < -0.4 is 0 Å². The van der Waals surface area contributed by atoms with Gasteiger partial charge >= 0.3 is 11.9 Å². The average Bonchev–Trinajstić information content (AvgIpc) is 1.09. The van der Waals surface area contributed by atoms with E-state index in [2.05, 4.69) is 0 Å². The zero-order valence-electron chi connectivity index (χ0n) is 50.0. The molecule has 21 aliphatic heterocycles. The van der Waals surface area contributed by atoms with Gasteiger partial charge in [-0.1, -0.05) is 20.8 Å². The third-order valence-corrected chi connectivity index (χ3v) is 22.1. The minimum Gasteiger partial charge on any atom is -0.455 e. The van der Waals surface area contributed by atoms with Crippen molar-refractivity contribution >= 4 is 20.3 Å². The quantitative estimate of drug-likeness (QED) is 0.0675. The van der Waals surface area contributed by atoms with E-state index >= 15 is 0 Å². The van der Waals surface area contributed by atoms with Crippen molar-refractivity contribution in [2.45, 2.75) is 268 Å². The Labute approximate surface area is 514 Å². The molecular weight excluding hydrogens is 1240 g/mol. The highest BCUT2D eigenvalue weighted by Crippen LogP contribution is 2.42. The summed E-state index contributed by atoms with van der Waals surface area (Å²) in [5.41, 5.74) is 0. The molecule has 0 unspecified atom stereocenters. The first-order chi connectivity index (χ1) is 42.3. The van der Waals surface area contributed by atoms with Crippen LogP contribution in [0.1, 0.15) is 34.6 Å². The Kier molecular flexibility index (Phi) is 25.0. The fourth-order valence-corrected chi connectivity index (χ4v) is 12.5. The SMILES string of the molecule is CC(=O)O[C@@H]1[C@@H](OC(C)=O)[C@H]2O[C@H]3[C@H](O)[C@@H](O)[C@@H](O[C@H]4[C@H](O)[C@@H](O)[C@@H](O[C@H]5[C@H](O)[C@@H](O)[C@@H](O[C@H]6[C@H](O)[C@@H](O)[C@@H](O[C@H]7[C@H](O)[C@@H](O)[C@@H](O[C@H]8[C@H](O)[C@@H](O)[C@@H](O[C@@H]1[C@@H](CO[Si](C)(C)C(C)(C)C)O2)O[C@@H]8CO)O[C@@H]7CO)O[C@@H]6CO)O[C@@H]5CO)O[C@@H]4CO)O[C@@H]3CO. The van der Waals surface area contributed by atoms with E-state index < -0.39 is 286 Å². The molecule has 90 heavy (non-hydrogen) atoms. The van der Waals surface area contributed by atoms with Crippen LogP contribution in [0.25, 0.3) is 0 Å². The summed E-state index contributed by atoms with van der Waals surface area (Å²) in [6.45, 7) is 4.39. The van der Waals surface area contributed by atoms with E-state index in [1.807, 2.05) is 33.9 Å². The predicted octanol–water partition coefficient (Wildman–Crippen LogP) is -11.1. The van der Waals surface area contributed by atoms with Crippen LogP contribution in [0.5, 0.6) is 0 Å². The number of hydrogen-bond acceptors (Lipinski definition) is 37. The molecule has 0 radical (unpaired) electrons. The summed E-state index contributed by atoms with van der Waals surface area (Å²) in [6.07, 6.45) is -70.4. The van der Waals surface area contributed by atoms with E-state index in [9.17, 15) is 102 Å². The molecule has 38 heteroatoms. The third kappa shape index (κ3) is 15.3. The van der Waals surface area contributed by atoms with Crippen LogP contribution in [-0.4, -0.2) is 373 Å². The van der Waals surface area contributed by atoms with E-state index in [0.29, 0.717) is 0 Å². The van der Waals surface area contributed by atoms with Gasteiger partial charge in [0.2, 0.25) is 0 Å². The number of hydrogen-bond donors (Lipinski definition) is 18. The molecule has 21 rings (SSSR count). The summed E-state index contributed by atoms with van der Waals surface area (Å²) in [5, 5.41) is 202. The van der Waals surface area contributed by atoms with Crippen molar-refractivity contribution in [1.29, 1.82) is 0 Å². The molecule has 18 N–H and O–H groups in total. The summed E-state index contributed by atoms with van der Waals surface area (Å²) >= 11 is 0. The lowest BCUT2D eigenvalue weighted by Crippen LogP contribution is -2.69. The molecule has 14 bridgehead atoms. The molecule has 0 saturated carbocycles. The van der Waals surface area contributed by atoms with Gasteiger partial charge in [0.1, 0.15) is 159 Å². The van der Waals surface area contributed by atoms with Gasteiger partial charge < -0.3 is 172 Å². The number of aliphatic hydroxyl groups is 18. The average molecular weight is 1330 g/mol. The molecule has 522 valence electrons. The molecule has 37 nitrogen and oxygen atoms in total. The monoisotopic (exact) mass is 1330 g/mol. The molecule has 35 atom stereocenters. The Hall–Kier alpha value is -2.16. The molecule has 21 saturated heterocycles. The van der Waals surface area contributed by atoms with Crippen LogP contribution in [0.2, 0.25) is 18.1 Å². The van der Waals surface area contributed by atoms with Gasteiger partial charge in [-0.2, -0.15) is 0 Å². The molecule has 0 aromatic heterocycles. The number of carbonyl (C=O) groups excluding carboxylic acids is 2. The predicted molar refractivity (Wildman–Crippen MR) is 284 cm³/mol. The maximum Gasteiger partial charge on any atom is 0.303 e. The van der Waals surface area contributed by atoms with Gasteiger partial charge in [0.15, 0.2) is 64.6 Å².